The highest BCUT2D eigenvalue weighted by Crippen LogP contribution is 2.42. The van der Waals surface area contributed by atoms with Crippen LogP contribution in [0.1, 0.15) is 43.7 Å². The van der Waals surface area contributed by atoms with Gasteiger partial charge in [0, 0.05) is 98.8 Å². The first-order chi connectivity index (χ1) is 26.6. The van der Waals surface area contributed by atoms with Crippen LogP contribution in [-0.4, -0.2) is 106 Å². The summed E-state index contributed by atoms with van der Waals surface area (Å²) < 4.78 is 21.5. The van der Waals surface area contributed by atoms with Crippen LogP contribution in [0.15, 0.2) is 54.9 Å². The van der Waals surface area contributed by atoms with Crippen molar-refractivity contribution in [1.82, 2.24) is 35.0 Å². The number of pyridine rings is 3. The Morgan fingerprint density at radius 3 is 2.49 bits per heavy atom. The van der Waals surface area contributed by atoms with E-state index in [2.05, 4.69) is 25.5 Å². The van der Waals surface area contributed by atoms with E-state index in [4.69, 9.17) is 32.9 Å². The van der Waals surface area contributed by atoms with Crippen molar-refractivity contribution in [3.05, 3.63) is 81.8 Å². The van der Waals surface area contributed by atoms with E-state index in [1.54, 1.807) is 61.7 Å². The van der Waals surface area contributed by atoms with Gasteiger partial charge in [-0.15, -0.1) is 0 Å². The van der Waals surface area contributed by atoms with Crippen molar-refractivity contribution in [3.63, 3.8) is 0 Å². The fourth-order valence-corrected chi connectivity index (χ4v) is 8.60. The Morgan fingerprint density at radius 1 is 0.945 bits per heavy atom. The first-order valence-corrected chi connectivity index (χ1v) is 19.3. The highest BCUT2D eigenvalue weighted by Gasteiger charge is 2.44. The number of aliphatic hydroxyl groups is 1. The maximum absolute atomic E-state index is 15.7. The average Bonchev–Trinajstić information content (AvgIpc) is 3.81. The standard InChI is InChI=1S/C40H45Cl2FN8O4/c1-25(53)50-16-10-28(11-17-50)46-20-26-8-14-45-38(36(26)43)47-32-5-3-4-30(34(32)41)37-35(42)29(9-15-44-37)31-7-6-27(39(48-31)55-2)21-49-18-12-40(23-49)13-19-51(24-40)33(54)22-52/h3-9,14-15,28,46,52H,10-13,16-24H2,1-2H3,(H,45,47)/t40-/m1/s1. The number of nitrogens with zero attached hydrogens (tertiary/aromatic N) is 6. The largest absolute Gasteiger partial charge is 0.481 e. The molecule has 12 nitrogen and oxygen atoms in total. The molecular weight excluding hydrogens is 746 g/mol. The molecule has 2 amide bonds. The van der Waals surface area contributed by atoms with E-state index >= 15 is 4.39 Å². The minimum absolute atomic E-state index is 0.0417. The molecule has 3 aromatic heterocycles. The molecule has 1 spiro atoms. The zero-order chi connectivity index (χ0) is 38.7. The molecule has 290 valence electrons. The van der Waals surface area contributed by atoms with E-state index in [0.29, 0.717) is 89.0 Å². The molecule has 3 N–H and O–H groups in total. The van der Waals surface area contributed by atoms with Gasteiger partial charge in [0.05, 0.1) is 34.2 Å². The Kier molecular flexibility index (Phi) is 11.8. The van der Waals surface area contributed by atoms with Crippen molar-refractivity contribution in [2.75, 3.05) is 58.3 Å². The fraction of sp³-hybridized carbons (Fsp3) is 0.425. The number of piperidine rings is 1. The molecule has 0 saturated carbocycles. The Balaban J connectivity index is 1.05. The van der Waals surface area contributed by atoms with Crippen molar-refractivity contribution in [1.29, 1.82) is 0 Å². The van der Waals surface area contributed by atoms with Crippen molar-refractivity contribution in [3.8, 4) is 28.4 Å². The number of aliphatic hydroxyl groups excluding tert-OH is 1. The number of anilines is 2. The van der Waals surface area contributed by atoms with Gasteiger partial charge in [-0.25, -0.2) is 14.4 Å². The zero-order valence-electron chi connectivity index (χ0n) is 31.0. The summed E-state index contributed by atoms with van der Waals surface area (Å²) in [5, 5.41) is 16.4. The monoisotopic (exact) mass is 790 g/mol. The SMILES string of the molecule is COc1nc(-c2ccnc(-c3cccc(Nc4nccc(CNC5CCN(C(C)=O)CC5)c4F)c3Cl)c2Cl)ccc1CN1CC[C@@]2(CCN(C(=O)CO)C2)C1. The number of aromatic nitrogens is 3. The van der Waals surface area contributed by atoms with E-state index < -0.39 is 12.4 Å². The summed E-state index contributed by atoms with van der Waals surface area (Å²) in [4.78, 5) is 43.4. The molecular formula is C40H45Cl2FN8O4. The zero-order valence-corrected chi connectivity index (χ0v) is 32.5. The van der Waals surface area contributed by atoms with Gasteiger partial charge in [-0.1, -0.05) is 41.4 Å². The fourth-order valence-electron chi connectivity index (χ4n) is 8.03. The number of carbonyl (C=O) groups is 2. The summed E-state index contributed by atoms with van der Waals surface area (Å²) in [5.74, 6) is -0.0822. The molecule has 3 aliphatic heterocycles. The maximum Gasteiger partial charge on any atom is 0.248 e. The topological polar surface area (TPSA) is 136 Å². The van der Waals surface area contributed by atoms with E-state index in [0.717, 1.165) is 44.3 Å². The summed E-state index contributed by atoms with van der Waals surface area (Å²) in [5.41, 5.74) is 4.12. The van der Waals surface area contributed by atoms with E-state index in [1.165, 1.54) is 0 Å². The number of rotatable bonds is 11. The molecule has 0 unspecified atom stereocenters. The number of hydrogen-bond donors (Lipinski definition) is 3. The number of ether oxygens (including phenoxy) is 1. The molecule has 3 saturated heterocycles. The van der Waals surface area contributed by atoms with Gasteiger partial charge >= 0.3 is 0 Å². The van der Waals surface area contributed by atoms with Crippen molar-refractivity contribution >= 4 is 46.5 Å². The molecule has 0 aliphatic carbocycles. The smallest absolute Gasteiger partial charge is 0.248 e. The highest BCUT2D eigenvalue weighted by atomic mass is 35.5. The van der Waals surface area contributed by atoms with Crippen LogP contribution in [-0.2, 0) is 22.7 Å². The van der Waals surface area contributed by atoms with E-state index in [-0.39, 0.29) is 29.1 Å². The number of benzene rings is 1. The number of amides is 2. The number of carbonyl (C=O) groups excluding carboxylic acids is 2. The van der Waals surface area contributed by atoms with Crippen LogP contribution >= 0.6 is 23.2 Å². The van der Waals surface area contributed by atoms with Crippen LogP contribution in [0.5, 0.6) is 5.88 Å². The van der Waals surface area contributed by atoms with Crippen molar-refractivity contribution < 1.29 is 23.8 Å². The highest BCUT2D eigenvalue weighted by molar-refractivity contribution is 6.39. The summed E-state index contributed by atoms with van der Waals surface area (Å²) >= 11 is 14.0. The predicted octanol–water partition coefficient (Wildman–Crippen LogP) is 5.92. The van der Waals surface area contributed by atoms with Gasteiger partial charge in [0.25, 0.3) is 0 Å². The maximum atomic E-state index is 15.7. The quantitative estimate of drug-likeness (QED) is 0.168. The van der Waals surface area contributed by atoms with Crippen LogP contribution in [0.25, 0.3) is 22.5 Å². The Labute approximate surface area is 330 Å². The number of halogens is 3. The van der Waals surface area contributed by atoms with Gasteiger partial charge < -0.3 is 30.3 Å². The second-order valence-corrected chi connectivity index (χ2v) is 15.4. The van der Waals surface area contributed by atoms with Crippen LogP contribution in [0.4, 0.5) is 15.9 Å². The lowest BCUT2D eigenvalue weighted by Gasteiger charge is -2.31. The predicted molar refractivity (Wildman–Crippen MR) is 210 cm³/mol. The summed E-state index contributed by atoms with van der Waals surface area (Å²) in [6.07, 6.45) is 6.74. The first-order valence-electron chi connectivity index (χ1n) is 18.6. The number of hydrogen-bond acceptors (Lipinski definition) is 10. The average molecular weight is 792 g/mol. The van der Waals surface area contributed by atoms with Crippen molar-refractivity contribution in [2.24, 2.45) is 5.41 Å². The number of methoxy groups -OCH3 is 1. The number of nitrogens with one attached hydrogen (secondary N) is 2. The Morgan fingerprint density at radius 2 is 1.73 bits per heavy atom. The molecule has 3 fully saturated rings. The second kappa shape index (κ2) is 16.8. The number of likely N-dealkylation sites (tertiary alicyclic amines) is 3. The molecule has 55 heavy (non-hydrogen) atoms. The van der Waals surface area contributed by atoms with Crippen LogP contribution < -0.4 is 15.4 Å². The van der Waals surface area contributed by atoms with Gasteiger partial charge in [-0.3, -0.25) is 19.5 Å². The van der Waals surface area contributed by atoms with Crippen LogP contribution in [0.3, 0.4) is 0 Å². The minimum atomic E-state index is -0.483. The third-order valence-electron chi connectivity index (χ3n) is 11.1. The lowest BCUT2D eigenvalue weighted by Crippen LogP contribution is -2.44. The second-order valence-electron chi connectivity index (χ2n) is 14.7. The molecule has 7 rings (SSSR count). The summed E-state index contributed by atoms with van der Waals surface area (Å²) in [6, 6.07) is 12.9. The first kappa shape index (κ1) is 38.9. The molecule has 1 aromatic carbocycles. The van der Waals surface area contributed by atoms with Gasteiger partial charge in [-0.2, -0.15) is 0 Å². The molecule has 0 bridgehead atoms. The molecule has 3 aliphatic rings. The molecule has 1 atom stereocenters. The van der Waals surface area contributed by atoms with Crippen molar-refractivity contribution in [2.45, 2.75) is 51.7 Å². The molecule has 0 radical (unpaired) electrons. The molecule has 4 aromatic rings. The molecule has 15 heteroatoms. The Bertz CT molecular complexity index is 2070. The minimum Gasteiger partial charge on any atom is -0.481 e. The third-order valence-corrected chi connectivity index (χ3v) is 11.9. The van der Waals surface area contributed by atoms with Crippen LogP contribution in [0.2, 0.25) is 10.0 Å². The summed E-state index contributed by atoms with van der Waals surface area (Å²) in [6.45, 7) is 6.58. The third kappa shape index (κ3) is 8.41. The van der Waals surface area contributed by atoms with Gasteiger partial charge in [0.1, 0.15) is 6.61 Å². The van der Waals surface area contributed by atoms with Gasteiger partial charge in [0.15, 0.2) is 11.6 Å². The summed E-state index contributed by atoms with van der Waals surface area (Å²) in [7, 11) is 1.60. The van der Waals surface area contributed by atoms with E-state index in [9.17, 15) is 14.7 Å². The van der Waals surface area contributed by atoms with Gasteiger partial charge in [-0.05, 0) is 56.5 Å². The van der Waals surface area contributed by atoms with E-state index in [1.807, 2.05) is 17.0 Å². The van der Waals surface area contributed by atoms with Gasteiger partial charge in [0.2, 0.25) is 17.7 Å². The lowest BCUT2D eigenvalue weighted by molar-refractivity contribution is -0.133. The molecule has 6 heterocycles. The lowest BCUT2D eigenvalue weighted by atomic mass is 9.86. The van der Waals surface area contributed by atoms with Crippen LogP contribution in [0, 0.1) is 11.2 Å². The normalized spacial score (nSPS) is 19.0. The Hall–Kier alpha value is -4.40.